The van der Waals surface area contributed by atoms with E-state index in [0.717, 1.165) is 51.5 Å². The summed E-state index contributed by atoms with van der Waals surface area (Å²) < 4.78 is 5.59. The summed E-state index contributed by atoms with van der Waals surface area (Å²) in [5, 5.41) is 3.12. The minimum absolute atomic E-state index is 0.193. The van der Waals surface area contributed by atoms with E-state index in [4.69, 9.17) is 4.74 Å². The minimum Gasteiger partial charge on any atom is -0.493 e. The van der Waals surface area contributed by atoms with E-state index in [1.165, 1.54) is 16.0 Å². The maximum Gasteiger partial charge on any atom is 0.275 e. The zero-order valence-corrected chi connectivity index (χ0v) is 15.9. The van der Waals surface area contributed by atoms with Crippen LogP contribution in [0.25, 0.3) is 0 Å². The molecule has 3 rings (SSSR count). The van der Waals surface area contributed by atoms with E-state index in [2.05, 4.69) is 44.3 Å². The summed E-state index contributed by atoms with van der Waals surface area (Å²) >= 11 is 0. The first-order valence-corrected chi connectivity index (χ1v) is 9.72. The van der Waals surface area contributed by atoms with Gasteiger partial charge >= 0.3 is 0 Å². The first-order chi connectivity index (χ1) is 12.0. The number of nitrogens with one attached hydrogen (secondary N) is 3. The van der Waals surface area contributed by atoms with Gasteiger partial charge in [0.2, 0.25) is 0 Å². The van der Waals surface area contributed by atoms with E-state index < -0.39 is 0 Å². The lowest BCUT2D eigenvalue weighted by molar-refractivity contribution is -1.02. The summed E-state index contributed by atoms with van der Waals surface area (Å²) in [6.45, 7) is 13.3. The number of hydrogen-bond donors (Lipinski definition) is 3. The Morgan fingerprint density at radius 1 is 1.16 bits per heavy atom. The van der Waals surface area contributed by atoms with Crippen molar-refractivity contribution in [3.8, 4) is 5.75 Å². The van der Waals surface area contributed by atoms with Crippen molar-refractivity contribution >= 4 is 5.91 Å². The highest BCUT2D eigenvalue weighted by Crippen LogP contribution is 2.25. The summed E-state index contributed by atoms with van der Waals surface area (Å²) in [5.74, 6) is 1.74. The van der Waals surface area contributed by atoms with E-state index in [1.54, 1.807) is 4.90 Å². The molecule has 1 fully saturated rings. The molecule has 0 spiro atoms. The molecule has 0 saturated carbocycles. The van der Waals surface area contributed by atoms with Crippen LogP contribution < -0.4 is 19.9 Å². The van der Waals surface area contributed by atoms with Crippen LogP contribution in [0, 0.1) is 5.92 Å². The van der Waals surface area contributed by atoms with Crippen molar-refractivity contribution < 1.29 is 19.3 Å². The van der Waals surface area contributed by atoms with Crippen LogP contribution in [0.2, 0.25) is 0 Å². The highest BCUT2D eigenvalue weighted by molar-refractivity contribution is 5.77. The fourth-order valence-electron chi connectivity index (χ4n) is 3.65. The van der Waals surface area contributed by atoms with Gasteiger partial charge in [-0.3, -0.25) is 4.79 Å². The van der Waals surface area contributed by atoms with E-state index in [9.17, 15) is 4.79 Å². The molecule has 1 aromatic carbocycles. The molecule has 1 aromatic rings. The van der Waals surface area contributed by atoms with Crippen LogP contribution >= 0.6 is 0 Å². The molecule has 1 saturated heterocycles. The van der Waals surface area contributed by atoms with Crippen molar-refractivity contribution in [2.75, 3.05) is 39.3 Å². The first-order valence-electron chi connectivity index (χ1n) is 9.72. The monoisotopic (exact) mass is 347 g/mol. The van der Waals surface area contributed by atoms with Gasteiger partial charge in [-0.25, -0.2) is 0 Å². The van der Waals surface area contributed by atoms with Crippen LogP contribution in [-0.4, -0.2) is 51.3 Å². The molecule has 5 nitrogen and oxygen atoms in total. The van der Waals surface area contributed by atoms with Crippen molar-refractivity contribution in [1.29, 1.82) is 0 Å². The summed E-state index contributed by atoms with van der Waals surface area (Å²) in [7, 11) is 0. The number of amides is 1. The largest absolute Gasteiger partial charge is 0.493 e. The van der Waals surface area contributed by atoms with Crippen molar-refractivity contribution in [2.45, 2.75) is 39.8 Å². The lowest BCUT2D eigenvalue weighted by Crippen LogP contribution is -3.28. The number of hydrogen-bond acceptors (Lipinski definition) is 2. The number of carbonyl (C=O) groups excluding carboxylic acids is 1. The lowest BCUT2D eigenvalue weighted by atomic mass is 10.1. The molecule has 2 heterocycles. The summed E-state index contributed by atoms with van der Waals surface area (Å²) in [4.78, 5) is 15.2. The van der Waals surface area contributed by atoms with Crippen LogP contribution in [-0.2, 0) is 17.8 Å². The van der Waals surface area contributed by atoms with Crippen LogP contribution in [0.15, 0.2) is 18.2 Å². The molecular weight excluding hydrogens is 314 g/mol. The zero-order valence-electron chi connectivity index (χ0n) is 15.9. The molecule has 138 valence electrons. The third-order valence-electron chi connectivity index (χ3n) is 5.67. The van der Waals surface area contributed by atoms with Crippen molar-refractivity contribution in [3.05, 3.63) is 29.3 Å². The van der Waals surface area contributed by atoms with E-state index >= 15 is 0 Å². The zero-order chi connectivity index (χ0) is 17.8. The highest BCUT2D eigenvalue weighted by atomic mass is 16.5. The number of carbonyl (C=O) groups is 1. The number of rotatable bonds is 6. The Morgan fingerprint density at radius 2 is 1.88 bits per heavy atom. The molecule has 0 aromatic heterocycles. The van der Waals surface area contributed by atoms with Gasteiger partial charge in [-0.2, -0.15) is 0 Å². The molecular formula is C20H33N3O2+2. The van der Waals surface area contributed by atoms with Gasteiger partial charge in [-0.1, -0.05) is 13.8 Å². The second-order valence-corrected chi connectivity index (χ2v) is 7.99. The van der Waals surface area contributed by atoms with E-state index in [1.807, 2.05) is 0 Å². The summed E-state index contributed by atoms with van der Waals surface area (Å²) in [6, 6.07) is 6.90. The third-order valence-corrected chi connectivity index (χ3v) is 5.67. The Bertz CT molecular complexity index is 595. The normalized spacial score (nSPS) is 23.8. The number of ether oxygens (including phenoxy) is 1. The SMILES string of the molecule is CC(C)[C@H](C)NC(=O)C[NH+]1CC[NH+](Cc2ccc3c(c2)CCO3)CC1. The van der Waals surface area contributed by atoms with Gasteiger partial charge in [0.25, 0.3) is 5.91 Å². The Morgan fingerprint density at radius 3 is 2.60 bits per heavy atom. The van der Waals surface area contributed by atoms with Crippen LogP contribution in [0.3, 0.4) is 0 Å². The average Bonchev–Trinajstić information content (AvgIpc) is 3.04. The first kappa shape index (κ1) is 18.2. The molecule has 2 aliphatic heterocycles. The standard InChI is InChI=1S/C20H31N3O2/c1-15(2)16(3)21-20(24)14-23-9-7-22(8-10-23)13-17-4-5-19-18(12-17)6-11-25-19/h4-5,12,15-16H,6-11,13-14H2,1-3H3,(H,21,24)/p+2/t16-/m0/s1. The smallest absolute Gasteiger partial charge is 0.275 e. The van der Waals surface area contributed by atoms with Crippen molar-refractivity contribution in [1.82, 2.24) is 5.32 Å². The third kappa shape index (κ3) is 4.95. The van der Waals surface area contributed by atoms with Gasteiger partial charge in [0.1, 0.15) is 38.5 Å². The molecule has 0 bridgehead atoms. The molecule has 0 unspecified atom stereocenters. The molecule has 0 radical (unpaired) electrons. The Hall–Kier alpha value is -1.59. The van der Waals surface area contributed by atoms with Gasteiger partial charge < -0.3 is 19.9 Å². The minimum atomic E-state index is 0.193. The Labute approximate surface area is 151 Å². The molecule has 25 heavy (non-hydrogen) atoms. The van der Waals surface area contributed by atoms with Crippen molar-refractivity contribution in [2.24, 2.45) is 5.92 Å². The number of piperazine rings is 1. The molecule has 2 aliphatic rings. The summed E-state index contributed by atoms with van der Waals surface area (Å²) in [6.07, 6.45) is 1.04. The quantitative estimate of drug-likeness (QED) is 0.622. The number of fused-ring (bicyclic) bond motifs is 1. The number of benzene rings is 1. The Kier molecular flexibility index (Phi) is 5.97. The topological polar surface area (TPSA) is 47.2 Å². The second-order valence-electron chi connectivity index (χ2n) is 7.99. The van der Waals surface area contributed by atoms with Gasteiger partial charge in [0, 0.05) is 18.0 Å². The van der Waals surface area contributed by atoms with Crippen LogP contribution in [0.4, 0.5) is 0 Å². The maximum absolute atomic E-state index is 12.2. The predicted molar refractivity (Wildman–Crippen MR) is 98.0 cm³/mol. The number of quaternary nitrogens is 2. The molecule has 0 aliphatic carbocycles. The fraction of sp³-hybridized carbons (Fsp3) is 0.650. The molecule has 1 amide bonds. The molecule has 5 heteroatoms. The van der Waals surface area contributed by atoms with Gasteiger partial charge in [0.15, 0.2) is 6.54 Å². The van der Waals surface area contributed by atoms with Crippen LogP contribution in [0.5, 0.6) is 5.75 Å². The van der Waals surface area contributed by atoms with Crippen LogP contribution in [0.1, 0.15) is 31.9 Å². The van der Waals surface area contributed by atoms with E-state index in [0.29, 0.717) is 12.5 Å². The van der Waals surface area contributed by atoms with Gasteiger partial charge in [0.05, 0.1) is 6.61 Å². The predicted octanol–water partition coefficient (Wildman–Crippen LogP) is -0.934. The lowest BCUT2D eigenvalue weighted by Gasteiger charge is -2.30. The van der Waals surface area contributed by atoms with Gasteiger partial charge in [-0.05, 0) is 36.6 Å². The second kappa shape index (κ2) is 8.19. The Balaban J connectivity index is 1.42. The van der Waals surface area contributed by atoms with Crippen molar-refractivity contribution in [3.63, 3.8) is 0 Å². The highest BCUT2D eigenvalue weighted by Gasteiger charge is 2.26. The molecule has 1 atom stereocenters. The fourth-order valence-corrected chi connectivity index (χ4v) is 3.65. The maximum atomic E-state index is 12.2. The molecule has 3 N–H and O–H groups in total. The van der Waals surface area contributed by atoms with Gasteiger partial charge in [-0.15, -0.1) is 0 Å². The summed E-state index contributed by atoms with van der Waals surface area (Å²) in [5.41, 5.74) is 2.77. The van der Waals surface area contributed by atoms with E-state index in [-0.39, 0.29) is 11.9 Å². The average molecular weight is 348 g/mol.